The van der Waals surface area contributed by atoms with Crippen molar-refractivity contribution in [1.82, 2.24) is 4.90 Å². The van der Waals surface area contributed by atoms with E-state index in [2.05, 4.69) is 19.9 Å². The second kappa shape index (κ2) is 6.79. The molecule has 1 fully saturated rings. The lowest BCUT2D eigenvalue weighted by Crippen LogP contribution is -2.55. The summed E-state index contributed by atoms with van der Waals surface area (Å²) in [4.78, 5) is 14.4. The fraction of sp³-hybridized carbons (Fsp3) is 0.611. The number of fused-ring (bicyclic) bond motifs is 1. The number of rotatable bonds is 4. The number of amides is 1. The van der Waals surface area contributed by atoms with Gasteiger partial charge in [-0.1, -0.05) is 6.07 Å². The van der Waals surface area contributed by atoms with Crippen molar-refractivity contribution in [2.75, 3.05) is 33.0 Å². The molecule has 23 heavy (non-hydrogen) atoms. The summed E-state index contributed by atoms with van der Waals surface area (Å²) in [6.45, 7) is 7.26. The van der Waals surface area contributed by atoms with Crippen molar-refractivity contribution in [2.24, 2.45) is 0 Å². The number of hydrogen-bond donors (Lipinski definition) is 0. The first-order valence-electron chi connectivity index (χ1n) is 8.33. The first kappa shape index (κ1) is 16.1. The number of ether oxygens (including phenoxy) is 3. The zero-order chi connectivity index (χ0) is 16.3. The van der Waals surface area contributed by atoms with Crippen molar-refractivity contribution in [2.45, 2.75) is 38.6 Å². The highest BCUT2D eigenvalue weighted by Gasteiger charge is 2.33. The van der Waals surface area contributed by atoms with Crippen LogP contribution in [0.3, 0.4) is 0 Å². The summed E-state index contributed by atoms with van der Waals surface area (Å²) in [7, 11) is 0. The molecule has 0 atom stereocenters. The van der Waals surface area contributed by atoms with E-state index in [-0.39, 0.29) is 11.4 Å². The van der Waals surface area contributed by atoms with Crippen LogP contribution in [0.25, 0.3) is 0 Å². The largest absolute Gasteiger partial charge is 0.486 e. The van der Waals surface area contributed by atoms with Crippen LogP contribution in [0.4, 0.5) is 0 Å². The normalized spacial score (nSPS) is 19.5. The Morgan fingerprint density at radius 1 is 1.17 bits per heavy atom. The molecule has 1 amide bonds. The van der Waals surface area contributed by atoms with E-state index in [9.17, 15) is 4.79 Å². The Morgan fingerprint density at radius 2 is 1.96 bits per heavy atom. The first-order chi connectivity index (χ1) is 11.1. The van der Waals surface area contributed by atoms with Crippen LogP contribution >= 0.6 is 0 Å². The van der Waals surface area contributed by atoms with Gasteiger partial charge in [0.1, 0.15) is 13.2 Å². The third kappa shape index (κ3) is 3.78. The molecule has 0 N–H and O–H groups in total. The van der Waals surface area contributed by atoms with Gasteiger partial charge in [0.15, 0.2) is 11.5 Å². The van der Waals surface area contributed by atoms with E-state index in [1.807, 2.05) is 17.0 Å². The van der Waals surface area contributed by atoms with Gasteiger partial charge in [0, 0.05) is 13.0 Å². The minimum Gasteiger partial charge on any atom is -0.486 e. The van der Waals surface area contributed by atoms with E-state index in [4.69, 9.17) is 14.2 Å². The minimum absolute atomic E-state index is 0.202. The summed E-state index contributed by atoms with van der Waals surface area (Å²) in [5, 5.41) is 0. The van der Waals surface area contributed by atoms with Gasteiger partial charge in [-0.25, -0.2) is 0 Å². The standard InChI is InChI=1S/C18H25NO4/c1-18(2)13-21-9-8-19(18)17(20)5-3-4-14-6-7-15-16(12-14)23-11-10-22-15/h6-7,12H,3-5,8-11,13H2,1-2H3. The quantitative estimate of drug-likeness (QED) is 0.855. The van der Waals surface area contributed by atoms with Crippen LogP contribution in [0.5, 0.6) is 11.5 Å². The molecular formula is C18H25NO4. The third-order valence-corrected chi connectivity index (χ3v) is 4.41. The second-order valence-electron chi connectivity index (χ2n) is 6.74. The Hall–Kier alpha value is -1.75. The lowest BCUT2D eigenvalue weighted by molar-refractivity contribution is -0.146. The highest BCUT2D eigenvalue weighted by Crippen LogP contribution is 2.31. The van der Waals surface area contributed by atoms with Crippen LogP contribution in [0.15, 0.2) is 18.2 Å². The predicted molar refractivity (Wildman–Crippen MR) is 87.0 cm³/mol. The zero-order valence-corrected chi connectivity index (χ0v) is 14.0. The summed E-state index contributed by atoms with van der Waals surface area (Å²) in [6, 6.07) is 6.03. The Morgan fingerprint density at radius 3 is 2.74 bits per heavy atom. The maximum absolute atomic E-state index is 12.5. The Balaban J connectivity index is 1.52. The molecule has 0 saturated carbocycles. The molecule has 0 unspecified atom stereocenters. The molecule has 1 aromatic carbocycles. The summed E-state index contributed by atoms with van der Waals surface area (Å²) in [5.74, 6) is 1.84. The Kier molecular flexibility index (Phi) is 4.76. The Labute approximate surface area is 137 Å². The van der Waals surface area contributed by atoms with Crippen molar-refractivity contribution in [3.8, 4) is 11.5 Å². The molecule has 5 nitrogen and oxygen atoms in total. The van der Waals surface area contributed by atoms with Gasteiger partial charge in [0.2, 0.25) is 5.91 Å². The van der Waals surface area contributed by atoms with E-state index in [0.29, 0.717) is 39.4 Å². The first-order valence-corrected chi connectivity index (χ1v) is 8.33. The van der Waals surface area contributed by atoms with Gasteiger partial charge >= 0.3 is 0 Å². The molecule has 0 aromatic heterocycles. The molecule has 5 heteroatoms. The maximum Gasteiger partial charge on any atom is 0.223 e. The fourth-order valence-electron chi connectivity index (χ4n) is 3.14. The van der Waals surface area contributed by atoms with Crippen LogP contribution in [-0.2, 0) is 16.0 Å². The van der Waals surface area contributed by atoms with Crippen molar-refractivity contribution >= 4 is 5.91 Å². The topological polar surface area (TPSA) is 48.0 Å². The molecule has 2 aliphatic rings. The van der Waals surface area contributed by atoms with Gasteiger partial charge in [-0.15, -0.1) is 0 Å². The third-order valence-electron chi connectivity index (χ3n) is 4.41. The van der Waals surface area contributed by atoms with Crippen LogP contribution in [0, 0.1) is 0 Å². The predicted octanol–water partition coefficient (Wildman–Crippen LogP) is 2.42. The number of carbonyl (C=O) groups excluding carboxylic acids is 1. The second-order valence-corrected chi connectivity index (χ2v) is 6.74. The summed E-state index contributed by atoms with van der Waals surface area (Å²) in [6.07, 6.45) is 2.27. The van der Waals surface area contributed by atoms with Gasteiger partial charge in [-0.2, -0.15) is 0 Å². The molecular weight excluding hydrogens is 294 g/mol. The Bertz CT molecular complexity index is 570. The van der Waals surface area contributed by atoms with Crippen LogP contribution < -0.4 is 9.47 Å². The number of nitrogens with zero attached hydrogens (tertiary/aromatic N) is 1. The average molecular weight is 319 g/mol. The molecule has 1 saturated heterocycles. The minimum atomic E-state index is -0.202. The van der Waals surface area contributed by atoms with Crippen LogP contribution in [0.2, 0.25) is 0 Å². The highest BCUT2D eigenvalue weighted by atomic mass is 16.6. The number of benzene rings is 1. The van der Waals surface area contributed by atoms with Gasteiger partial charge in [0.05, 0.1) is 18.8 Å². The summed E-state index contributed by atoms with van der Waals surface area (Å²) < 4.78 is 16.6. The van der Waals surface area contributed by atoms with Crippen LogP contribution in [-0.4, -0.2) is 49.3 Å². The highest BCUT2D eigenvalue weighted by molar-refractivity contribution is 5.77. The molecule has 126 valence electrons. The van der Waals surface area contributed by atoms with Crippen molar-refractivity contribution in [3.63, 3.8) is 0 Å². The lowest BCUT2D eigenvalue weighted by atomic mass is 10.0. The van der Waals surface area contributed by atoms with Gasteiger partial charge in [-0.05, 0) is 44.4 Å². The molecule has 2 heterocycles. The molecule has 1 aromatic rings. The zero-order valence-electron chi connectivity index (χ0n) is 14.0. The molecule has 0 aliphatic carbocycles. The monoisotopic (exact) mass is 319 g/mol. The van der Waals surface area contributed by atoms with Gasteiger partial charge in [-0.3, -0.25) is 4.79 Å². The van der Waals surface area contributed by atoms with Crippen LogP contribution in [0.1, 0.15) is 32.3 Å². The molecule has 0 bridgehead atoms. The van der Waals surface area contributed by atoms with Crippen molar-refractivity contribution < 1.29 is 19.0 Å². The smallest absolute Gasteiger partial charge is 0.223 e. The number of hydrogen-bond acceptors (Lipinski definition) is 4. The lowest BCUT2D eigenvalue weighted by Gasteiger charge is -2.42. The molecule has 0 radical (unpaired) electrons. The maximum atomic E-state index is 12.5. The van der Waals surface area contributed by atoms with Crippen molar-refractivity contribution in [3.05, 3.63) is 23.8 Å². The van der Waals surface area contributed by atoms with E-state index in [1.165, 1.54) is 5.56 Å². The van der Waals surface area contributed by atoms with E-state index >= 15 is 0 Å². The van der Waals surface area contributed by atoms with E-state index in [1.54, 1.807) is 0 Å². The van der Waals surface area contributed by atoms with Gasteiger partial charge < -0.3 is 19.1 Å². The van der Waals surface area contributed by atoms with Crippen molar-refractivity contribution in [1.29, 1.82) is 0 Å². The number of aryl methyl sites for hydroxylation is 1. The molecule has 0 spiro atoms. The summed E-state index contributed by atoms with van der Waals surface area (Å²) >= 11 is 0. The van der Waals surface area contributed by atoms with E-state index < -0.39 is 0 Å². The van der Waals surface area contributed by atoms with E-state index in [0.717, 1.165) is 24.3 Å². The molecule has 2 aliphatic heterocycles. The fourth-order valence-corrected chi connectivity index (χ4v) is 3.14. The average Bonchev–Trinajstić information content (AvgIpc) is 2.54. The summed E-state index contributed by atoms with van der Waals surface area (Å²) in [5.41, 5.74) is 0.982. The van der Waals surface area contributed by atoms with Gasteiger partial charge in [0.25, 0.3) is 0 Å². The molecule has 3 rings (SSSR count). The number of carbonyl (C=O) groups is 1. The number of morpholine rings is 1. The SMILES string of the molecule is CC1(C)COCCN1C(=O)CCCc1ccc2c(c1)OCCO2.